The van der Waals surface area contributed by atoms with Gasteiger partial charge in [0.25, 0.3) is 0 Å². The van der Waals surface area contributed by atoms with Crippen molar-refractivity contribution in [3.63, 3.8) is 0 Å². The Balaban J connectivity index is 3.44. The van der Waals surface area contributed by atoms with Crippen molar-refractivity contribution in [1.29, 1.82) is 0 Å². The quantitative estimate of drug-likeness (QED) is 0.438. The fraction of sp³-hybridized carbons (Fsp3) is 0.600. The van der Waals surface area contributed by atoms with Crippen LogP contribution in [-0.2, 0) is 0 Å². The molecule has 0 saturated heterocycles. The van der Waals surface area contributed by atoms with Crippen LogP contribution in [0.3, 0.4) is 0 Å². The van der Waals surface area contributed by atoms with E-state index < -0.39 is 12.8 Å². The zero-order valence-electron chi connectivity index (χ0n) is 6.15. The maximum Gasteiger partial charge on any atom is 0.0309 e. The van der Waals surface area contributed by atoms with Crippen LogP contribution in [0.5, 0.6) is 0 Å². The van der Waals surface area contributed by atoms with Crippen molar-refractivity contribution in [3.8, 4) is 0 Å². The fourth-order valence-electron chi connectivity index (χ4n) is 0.0962. The molecule has 0 aliphatic rings. The molecule has 0 amide bonds. The number of allylic oxidation sites excluding steroid dienone is 1. The van der Waals surface area contributed by atoms with Gasteiger partial charge in [-0.1, -0.05) is 19.4 Å². The van der Waals surface area contributed by atoms with E-state index in [2.05, 4.69) is 6.58 Å². The maximum atomic E-state index is 7.00. The first-order chi connectivity index (χ1) is 3.72. The summed E-state index contributed by atoms with van der Waals surface area (Å²) in [6.07, 6.45) is 0.173. The van der Waals surface area contributed by atoms with E-state index in [0.29, 0.717) is 0 Å². The van der Waals surface area contributed by atoms with Gasteiger partial charge in [0.05, 0.1) is 0 Å². The Morgan fingerprint density at radius 1 is 2.40 bits per heavy atom. The molecule has 0 aliphatic heterocycles. The van der Waals surface area contributed by atoms with Crippen molar-refractivity contribution >= 4 is 0 Å². The molecule has 2 unspecified atom stereocenters. The van der Waals surface area contributed by atoms with Crippen LogP contribution in [0.15, 0.2) is 12.7 Å². The lowest BCUT2D eigenvalue weighted by Crippen LogP contribution is -1.52. The molecule has 0 aromatic carbocycles. The molecule has 0 rings (SSSR count). The normalized spacial score (nSPS) is 28.4. The minimum absolute atomic E-state index is 0.0137. The van der Waals surface area contributed by atoms with Gasteiger partial charge in [0.15, 0.2) is 0 Å². The second-order valence-electron chi connectivity index (χ2n) is 0.664. The standard InChI is InChI=1S/C5H10/c1-3-5-4-2/h3H,1,4-5H2,2H3/i2D,4D,5D. The van der Waals surface area contributed by atoms with Crippen molar-refractivity contribution in [1.82, 2.24) is 0 Å². The summed E-state index contributed by atoms with van der Waals surface area (Å²) in [5.74, 6) is 0. The van der Waals surface area contributed by atoms with E-state index in [9.17, 15) is 0 Å². The van der Waals surface area contributed by atoms with Gasteiger partial charge < -0.3 is 0 Å². The first-order valence-corrected chi connectivity index (χ1v) is 1.48. The Morgan fingerprint density at radius 2 is 3.20 bits per heavy atom. The molecule has 0 aromatic heterocycles. The molecular weight excluding hydrogens is 60.1 g/mol. The number of rotatable bonds is 2. The van der Waals surface area contributed by atoms with Crippen LogP contribution in [0.4, 0.5) is 0 Å². The lowest BCUT2D eigenvalue weighted by atomic mass is 10.3. The van der Waals surface area contributed by atoms with Crippen molar-refractivity contribution in [2.45, 2.75) is 19.7 Å². The Kier molecular flexibility index (Phi) is 1.09. The number of hydrogen-bond acceptors (Lipinski definition) is 0. The van der Waals surface area contributed by atoms with Gasteiger partial charge in [-0.15, -0.1) is 6.58 Å². The molecule has 0 heteroatoms. The fourth-order valence-corrected chi connectivity index (χ4v) is 0.0962. The van der Waals surface area contributed by atoms with Crippen LogP contribution >= 0.6 is 0 Å². The van der Waals surface area contributed by atoms with Crippen LogP contribution in [0.2, 0.25) is 0 Å². The van der Waals surface area contributed by atoms with Gasteiger partial charge in [0.2, 0.25) is 0 Å². The Bertz CT molecular complexity index is 72.1. The Labute approximate surface area is 37.7 Å². The molecule has 0 radical (unpaired) electrons. The van der Waals surface area contributed by atoms with E-state index >= 15 is 0 Å². The van der Waals surface area contributed by atoms with Gasteiger partial charge in [0, 0.05) is 4.11 Å². The summed E-state index contributed by atoms with van der Waals surface area (Å²) in [5.41, 5.74) is 0. The van der Waals surface area contributed by atoms with Gasteiger partial charge in [0.1, 0.15) is 0 Å². The van der Waals surface area contributed by atoms with Crippen molar-refractivity contribution in [3.05, 3.63) is 12.7 Å². The van der Waals surface area contributed by atoms with Gasteiger partial charge in [-0.05, 0) is 6.40 Å². The summed E-state index contributed by atoms with van der Waals surface area (Å²) >= 11 is 0. The molecule has 0 fully saturated rings. The molecule has 2 atom stereocenters. The van der Waals surface area contributed by atoms with Gasteiger partial charge in [-0.25, -0.2) is 0 Å². The summed E-state index contributed by atoms with van der Waals surface area (Å²) in [4.78, 5) is 0. The van der Waals surface area contributed by atoms with E-state index in [-0.39, 0.29) is 6.90 Å². The highest BCUT2D eigenvalue weighted by atomic mass is 13.7. The van der Waals surface area contributed by atoms with Crippen molar-refractivity contribution < 1.29 is 4.11 Å². The highest BCUT2D eigenvalue weighted by Gasteiger charge is 1.61. The third-order valence-corrected chi connectivity index (χ3v) is 0.272. The zero-order valence-corrected chi connectivity index (χ0v) is 3.15. The molecule has 0 saturated carbocycles. The maximum absolute atomic E-state index is 7.00. The van der Waals surface area contributed by atoms with E-state index in [1.165, 1.54) is 6.08 Å². The summed E-state index contributed by atoms with van der Waals surface area (Å²) < 4.78 is 20.7. The first-order valence-electron chi connectivity index (χ1n) is 3.34. The predicted octanol–water partition coefficient (Wildman–Crippen LogP) is 1.97. The molecule has 30 valence electrons. The highest BCUT2D eigenvalue weighted by molar-refractivity contribution is 4.63. The largest absolute Gasteiger partial charge is 0.103 e. The van der Waals surface area contributed by atoms with E-state index in [0.717, 1.165) is 0 Å². The molecule has 0 N–H and O–H groups in total. The Hall–Kier alpha value is -0.260. The van der Waals surface area contributed by atoms with Gasteiger partial charge >= 0.3 is 0 Å². The van der Waals surface area contributed by atoms with Crippen molar-refractivity contribution in [2.24, 2.45) is 0 Å². The van der Waals surface area contributed by atoms with E-state index in [4.69, 9.17) is 4.11 Å². The average molecular weight is 73.2 g/mol. The Morgan fingerprint density at radius 3 is 3.40 bits per heavy atom. The topological polar surface area (TPSA) is 0 Å². The van der Waals surface area contributed by atoms with Crippen LogP contribution in [0.25, 0.3) is 0 Å². The molecule has 0 bridgehead atoms. The monoisotopic (exact) mass is 73.1 g/mol. The van der Waals surface area contributed by atoms with E-state index in [1.807, 2.05) is 0 Å². The predicted molar refractivity (Wildman–Crippen MR) is 25.1 cm³/mol. The molecule has 0 spiro atoms. The first kappa shape index (κ1) is 1.46. The van der Waals surface area contributed by atoms with Gasteiger partial charge in [-0.3, -0.25) is 0 Å². The zero-order chi connectivity index (χ0) is 6.57. The molecule has 5 heavy (non-hydrogen) atoms. The smallest absolute Gasteiger partial charge is 0.0309 e. The van der Waals surface area contributed by atoms with Gasteiger partial charge in [-0.2, -0.15) is 0 Å². The van der Waals surface area contributed by atoms with Crippen LogP contribution in [0.1, 0.15) is 23.8 Å². The SMILES string of the molecule is [2H]CC([2H])C([2H])C=C. The molecule has 0 nitrogen and oxygen atoms in total. The van der Waals surface area contributed by atoms with Crippen LogP contribution < -0.4 is 0 Å². The minimum Gasteiger partial charge on any atom is -0.103 e. The molecule has 0 aliphatic carbocycles. The summed E-state index contributed by atoms with van der Waals surface area (Å²) in [6, 6.07) is 0. The molecule has 0 heterocycles. The van der Waals surface area contributed by atoms with Crippen molar-refractivity contribution in [2.75, 3.05) is 0 Å². The van der Waals surface area contributed by atoms with Crippen LogP contribution in [0, 0.1) is 0 Å². The second kappa shape index (κ2) is 3.74. The third-order valence-electron chi connectivity index (χ3n) is 0.272. The van der Waals surface area contributed by atoms with E-state index in [1.54, 1.807) is 0 Å². The lowest BCUT2D eigenvalue weighted by molar-refractivity contribution is 0.961. The summed E-state index contributed by atoms with van der Waals surface area (Å²) in [5, 5.41) is 0. The minimum atomic E-state index is -0.618. The highest BCUT2D eigenvalue weighted by Crippen LogP contribution is 1.82. The molecule has 0 aromatic rings. The lowest BCUT2D eigenvalue weighted by Gasteiger charge is -1.72. The van der Waals surface area contributed by atoms with Crippen LogP contribution in [-0.4, -0.2) is 0 Å². The number of hydrogen-bond donors (Lipinski definition) is 0. The third kappa shape index (κ3) is 3.74. The summed E-state index contributed by atoms with van der Waals surface area (Å²) in [6.45, 7) is 3.33. The average Bonchev–Trinajstić information content (AvgIpc) is 1.84. The molecular formula is C5H10. The summed E-state index contributed by atoms with van der Waals surface area (Å²) in [7, 11) is 0. The second-order valence-corrected chi connectivity index (χ2v) is 0.664.